The molecular formula is C21H25N5O2. The molecule has 1 unspecified atom stereocenters. The van der Waals surface area contributed by atoms with Gasteiger partial charge in [0.1, 0.15) is 0 Å². The van der Waals surface area contributed by atoms with Crippen molar-refractivity contribution in [1.82, 2.24) is 10.6 Å². The Kier molecular flexibility index (Phi) is 6.26. The van der Waals surface area contributed by atoms with Gasteiger partial charge in [-0.05, 0) is 36.8 Å². The van der Waals surface area contributed by atoms with E-state index >= 15 is 0 Å². The van der Waals surface area contributed by atoms with Crippen molar-refractivity contribution < 1.29 is 9.59 Å². The summed E-state index contributed by atoms with van der Waals surface area (Å²) in [4.78, 5) is 30.1. The number of hydrogen-bond acceptors (Lipinski definition) is 3. The number of anilines is 1. The van der Waals surface area contributed by atoms with E-state index in [-0.39, 0.29) is 11.9 Å². The summed E-state index contributed by atoms with van der Waals surface area (Å²) in [6, 6.07) is 16.7. The number of carbonyl (C=O) groups is 2. The molecule has 1 fully saturated rings. The standard InChI is InChI=1S/C21H25N5O2/c1-2-23-21(24-13-15-7-6-8-16(11-15)20(22)28)25-17-12-19(27)26(14-17)18-9-4-3-5-10-18/h3-11,17H,2,12-14H2,1H3,(H2,22,28)(H2,23,24,25). The zero-order valence-corrected chi connectivity index (χ0v) is 15.9. The van der Waals surface area contributed by atoms with Gasteiger partial charge in [0.25, 0.3) is 0 Å². The first-order chi connectivity index (χ1) is 13.6. The van der Waals surface area contributed by atoms with Gasteiger partial charge in [0.2, 0.25) is 11.8 Å². The maximum atomic E-state index is 12.4. The first kappa shape index (κ1) is 19.4. The highest BCUT2D eigenvalue weighted by Crippen LogP contribution is 2.21. The number of benzene rings is 2. The summed E-state index contributed by atoms with van der Waals surface area (Å²) >= 11 is 0. The Morgan fingerprint density at radius 1 is 1.21 bits per heavy atom. The maximum absolute atomic E-state index is 12.4. The third kappa shape index (κ3) is 4.88. The number of aliphatic imine (C=N–C) groups is 1. The first-order valence-electron chi connectivity index (χ1n) is 9.36. The SMILES string of the molecule is CCNC(=NCc1cccc(C(N)=O)c1)NC1CC(=O)N(c2ccccc2)C1. The zero-order chi connectivity index (χ0) is 19.9. The van der Waals surface area contributed by atoms with Gasteiger partial charge in [-0.15, -0.1) is 0 Å². The Morgan fingerprint density at radius 2 is 2.00 bits per heavy atom. The lowest BCUT2D eigenvalue weighted by Crippen LogP contribution is -2.44. The number of nitrogens with one attached hydrogen (secondary N) is 2. The molecule has 146 valence electrons. The van der Waals surface area contributed by atoms with E-state index in [0.717, 1.165) is 11.3 Å². The minimum atomic E-state index is -0.457. The van der Waals surface area contributed by atoms with Crippen molar-refractivity contribution in [3.05, 3.63) is 65.7 Å². The van der Waals surface area contributed by atoms with Crippen molar-refractivity contribution >= 4 is 23.5 Å². The second-order valence-electron chi connectivity index (χ2n) is 6.65. The molecule has 1 aliphatic heterocycles. The van der Waals surface area contributed by atoms with Crippen LogP contribution in [-0.4, -0.2) is 36.9 Å². The largest absolute Gasteiger partial charge is 0.366 e. The van der Waals surface area contributed by atoms with Crippen LogP contribution < -0.4 is 21.3 Å². The maximum Gasteiger partial charge on any atom is 0.248 e. The summed E-state index contributed by atoms with van der Waals surface area (Å²) in [5.41, 5.74) is 7.59. The number of amides is 2. The Hall–Kier alpha value is -3.35. The zero-order valence-electron chi connectivity index (χ0n) is 15.9. The molecule has 7 nitrogen and oxygen atoms in total. The van der Waals surface area contributed by atoms with E-state index in [2.05, 4.69) is 15.6 Å². The molecule has 3 rings (SSSR count). The van der Waals surface area contributed by atoms with Crippen LogP contribution in [0.15, 0.2) is 59.6 Å². The number of nitrogens with zero attached hydrogens (tertiary/aromatic N) is 2. The fraction of sp³-hybridized carbons (Fsp3) is 0.286. The second-order valence-corrected chi connectivity index (χ2v) is 6.65. The number of para-hydroxylation sites is 1. The summed E-state index contributed by atoms with van der Waals surface area (Å²) in [6.07, 6.45) is 0.413. The quantitative estimate of drug-likeness (QED) is 0.525. The van der Waals surface area contributed by atoms with Crippen LogP contribution in [0.1, 0.15) is 29.3 Å². The molecule has 7 heteroatoms. The smallest absolute Gasteiger partial charge is 0.248 e. The molecule has 2 amide bonds. The third-order valence-electron chi connectivity index (χ3n) is 4.51. The van der Waals surface area contributed by atoms with Gasteiger partial charge >= 0.3 is 0 Å². The van der Waals surface area contributed by atoms with E-state index in [9.17, 15) is 9.59 Å². The van der Waals surface area contributed by atoms with Crippen LogP contribution in [0.2, 0.25) is 0 Å². The van der Waals surface area contributed by atoms with E-state index in [1.807, 2.05) is 43.3 Å². The van der Waals surface area contributed by atoms with Gasteiger partial charge in [-0.3, -0.25) is 9.59 Å². The lowest BCUT2D eigenvalue weighted by atomic mass is 10.1. The summed E-state index contributed by atoms with van der Waals surface area (Å²) in [6.45, 7) is 3.68. The minimum absolute atomic E-state index is 0.0255. The Bertz CT molecular complexity index is 866. The average molecular weight is 379 g/mol. The number of carbonyl (C=O) groups excluding carboxylic acids is 2. The molecular weight excluding hydrogens is 354 g/mol. The molecule has 1 atom stereocenters. The third-order valence-corrected chi connectivity index (χ3v) is 4.51. The fourth-order valence-electron chi connectivity index (χ4n) is 3.17. The molecule has 0 saturated carbocycles. The van der Waals surface area contributed by atoms with Crippen LogP contribution in [0.25, 0.3) is 0 Å². The van der Waals surface area contributed by atoms with Crippen LogP contribution in [0.5, 0.6) is 0 Å². The molecule has 1 saturated heterocycles. The van der Waals surface area contributed by atoms with Crippen LogP contribution in [-0.2, 0) is 11.3 Å². The number of hydrogen-bond donors (Lipinski definition) is 3. The van der Waals surface area contributed by atoms with E-state index in [4.69, 9.17) is 5.73 Å². The van der Waals surface area contributed by atoms with Gasteiger partial charge in [0, 0.05) is 30.8 Å². The highest BCUT2D eigenvalue weighted by molar-refractivity contribution is 5.97. The van der Waals surface area contributed by atoms with Crippen LogP contribution in [0, 0.1) is 0 Å². The normalized spacial score (nSPS) is 16.9. The van der Waals surface area contributed by atoms with Crippen molar-refractivity contribution in [2.75, 3.05) is 18.0 Å². The van der Waals surface area contributed by atoms with Gasteiger partial charge in [-0.25, -0.2) is 4.99 Å². The molecule has 2 aromatic carbocycles. The Labute approximate surface area is 164 Å². The van der Waals surface area contributed by atoms with Gasteiger partial charge in [-0.2, -0.15) is 0 Å². The molecule has 4 N–H and O–H groups in total. The number of primary amides is 1. The second kappa shape index (κ2) is 9.03. The van der Waals surface area contributed by atoms with Crippen molar-refractivity contribution in [2.24, 2.45) is 10.7 Å². The van der Waals surface area contributed by atoms with E-state index in [1.165, 1.54) is 0 Å². The topological polar surface area (TPSA) is 99.8 Å². The first-order valence-corrected chi connectivity index (χ1v) is 9.36. The van der Waals surface area contributed by atoms with Gasteiger partial charge in [0.15, 0.2) is 5.96 Å². The lowest BCUT2D eigenvalue weighted by molar-refractivity contribution is -0.117. The molecule has 28 heavy (non-hydrogen) atoms. The highest BCUT2D eigenvalue weighted by Gasteiger charge is 2.31. The van der Waals surface area contributed by atoms with E-state index < -0.39 is 5.91 Å². The lowest BCUT2D eigenvalue weighted by Gasteiger charge is -2.19. The monoisotopic (exact) mass is 379 g/mol. The van der Waals surface area contributed by atoms with Crippen LogP contribution in [0.3, 0.4) is 0 Å². The fourth-order valence-corrected chi connectivity index (χ4v) is 3.17. The number of rotatable bonds is 6. The molecule has 0 radical (unpaired) electrons. The van der Waals surface area contributed by atoms with Crippen molar-refractivity contribution in [2.45, 2.75) is 25.9 Å². The summed E-state index contributed by atoms with van der Waals surface area (Å²) in [7, 11) is 0. The van der Waals surface area contributed by atoms with Crippen molar-refractivity contribution in [3.8, 4) is 0 Å². The molecule has 2 aromatic rings. The van der Waals surface area contributed by atoms with Crippen LogP contribution in [0.4, 0.5) is 5.69 Å². The highest BCUT2D eigenvalue weighted by atomic mass is 16.2. The number of nitrogens with two attached hydrogens (primary N) is 1. The number of guanidine groups is 1. The minimum Gasteiger partial charge on any atom is -0.366 e. The Balaban J connectivity index is 1.66. The van der Waals surface area contributed by atoms with E-state index in [0.29, 0.717) is 37.6 Å². The van der Waals surface area contributed by atoms with Gasteiger partial charge in [-0.1, -0.05) is 30.3 Å². The molecule has 1 heterocycles. The van der Waals surface area contributed by atoms with Gasteiger partial charge in [0.05, 0.1) is 12.6 Å². The Morgan fingerprint density at radius 3 is 2.71 bits per heavy atom. The molecule has 1 aliphatic rings. The predicted octanol–water partition coefficient (Wildman–Crippen LogP) is 1.65. The predicted molar refractivity (Wildman–Crippen MR) is 110 cm³/mol. The summed E-state index contributed by atoms with van der Waals surface area (Å²) < 4.78 is 0. The van der Waals surface area contributed by atoms with Crippen molar-refractivity contribution in [1.29, 1.82) is 0 Å². The van der Waals surface area contributed by atoms with Gasteiger partial charge < -0.3 is 21.3 Å². The van der Waals surface area contributed by atoms with E-state index in [1.54, 1.807) is 23.1 Å². The molecule has 0 aromatic heterocycles. The van der Waals surface area contributed by atoms with Crippen molar-refractivity contribution in [3.63, 3.8) is 0 Å². The molecule has 0 aliphatic carbocycles. The summed E-state index contributed by atoms with van der Waals surface area (Å²) in [5, 5.41) is 6.54. The molecule has 0 spiro atoms. The average Bonchev–Trinajstić information content (AvgIpc) is 3.07. The summed E-state index contributed by atoms with van der Waals surface area (Å²) in [5.74, 6) is 0.273. The van der Waals surface area contributed by atoms with Crippen LogP contribution >= 0.6 is 0 Å². The molecule has 0 bridgehead atoms.